The summed E-state index contributed by atoms with van der Waals surface area (Å²) in [5, 5.41) is 7.76. The molecule has 2 atom stereocenters. The molecule has 1 aliphatic carbocycles. The number of carbonyl (C=O) groups is 2. The number of thiazole rings is 1. The van der Waals surface area contributed by atoms with Gasteiger partial charge in [-0.1, -0.05) is 18.2 Å². The van der Waals surface area contributed by atoms with Crippen molar-refractivity contribution in [3.05, 3.63) is 70.3 Å². The number of alkyl halides is 2. The highest BCUT2D eigenvalue weighted by atomic mass is 32.1. The molecule has 10 nitrogen and oxygen atoms in total. The first-order valence-electron chi connectivity index (χ1n) is 12.8. The lowest BCUT2D eigenvalue weighted by Gasteiger charge is -2.53. The number of pyridine rings is 1. The molecule has 40 heavy (non-hydrogen) atoms. The van der Waals surface area contributed by atoms with Crippen molar-refractivity contribution in [2.24, 2.45) is 10.9 Å². The van der Waals surface area contributed by atoms with E-state index in [-0.39, 0.29) is 47.3 Å². The molecule has 2 aliphatic heterocycles. The average molecular weight is 570 g/mol. The minimum atomic E-state index is -2.99. The Labute approximate surface area is 231 Å². The van der Waals surface area contributed by atoms with Crippen LogP contribution >= 0.6 is 11.3 Å². The maximum atomic E-state index is 12.8. The molecular formula is C27H25F2N5O5S. The normalized spacial score (nSPS) is 22.9. The summed E-state index contributed by atoms with van der Waals surface area (Å²) in [7, 11) is 0. The van der Waals surface area contributed by atoms with E-state index in [0.29, 0.717) is 17.2 Å². The van der Waals surface area contributed by atoms with Crippen molar-refractivity contribution >= 4 is 35.0 Å². The highest BCUT2D eigenvalue weighted by Crippen LogP contribution is 2.53. The molecule has 3 aliphatic rings. The lowest BCUT2D eigenvalue weighted by Crippen LogP contribution is -2.58. The minimum Gasteiger partial charge on any atom is -0.465 e. The third kappa shape index (κ3) is 5.13. The Bertz CT molecular complexity index is 1430. The maximum absolute atomic E-state index is 12.8. The van der Waals surface area contributed by atoms with E-state index in [0.717, 1.165) is 31.9 Å². The molecule has 2 aromatic heterocycles. The Balaban J connectivity index is 1.23. The summed E-state index contributed by atoms with van der Waals surface area (Å²) in [4.78, 5) is 39.0. The number of aliphatic imine (C=N–C) groups is 1. The van der Waals surface area contributed by atoms with E-state index < -0.39 is 18.1 Å². The molecule has 2 N–H and O–H groups in total. The third-order valence-electron chi connectivity index (χ3n) is 7.45. The van der Waals surface area contributed by atoms with Crippen molar-refractivity contribution in [2.75, 3.05) is 18.5 Å². The van der Waals surface area contributed by atoms with Gasteiger partial charge >= 0.3 is 6.61 Å². The maximum Gasteiger partial charge on any atom is 0.387 e. The molecule has 6 rings (SSSR count). The van der Waals surface area contributed by atoms with Crippen LogP contribution in [-0.4, -0.2) is 53.2 Å². The number of nitrogens with zero attached hydrogens (tertiary/aromatic N) is 3. The minimum absolute atomic E-state index is 0.00938. The Morgan fingerprint density at radius 1 is 1.10 bits per heavy atom. The third-order valence-corrected chi connectivity index (χ3v) is 8.46. The first kappa shape index (κ1) is 26.3. The van der Waals surface area contributed by atoms with E-state index in [4.69, 9.17) is 14.5 Å². The number of amidine groups is 1. The summed E-state index contributed by atoms with van der Waals surface area (Å²) in [5.74, 6) is -0.813. The fourth-order valence-corrected chi connectivity index (χ4v) is 6.16. The fraction of sp³-hybridized carbons (Fsp3) is 0.370. The van der Waals surface area contributed by atoms with Gasteiger partial charge in [0.25, 0.3) is 17.8 Å². The topological polar surface area (TPSA) is 124 Å². The Hall–Kier alpha value is -3.97. The van der Waals surface area contributed by atoms with E-state index in [1.165, 1.54) is 23.5 Å². The van der Waals surface area contributed by atoms with Crippen LogP contribution in [0.2, 0.25) is 0 Å². The van der Waals surface area contributed by atoms with Crippen molar-refractivity contribution in [1.29, 1.82) is 0 Å². The molecule has 2 amide bonds. The number of amides is 2. The second kappa shape index (κ2) is 10.5. The molecule has 0 unspecified atom stereocenters. The van der Waals surface area contributed by atoms with Crippen molar-refractivity contribution in [2.45, 2.75) is 43.4 Å². The quantitative estimate of drug-likeness (QED) is 0.452. The molecule has 0 bridgehead atoms. The molecule has 2 fully saturated rings. The lowest BCUT2D eigenvalue weighted by atomic mass is 9.67. The number of ether oxygens (including phenoxy) is 3. The van der Waals surface area contributed by atoms with Gasteiger partial charge in [0, 0.05) is 16.9 Å². The van der Waals surface area contributed by atoms with Gasteiger partial charge in [0.1, 0.15) is 27.8 Å². The Morgan fingerprint density at radius 3 is 2.62 bits per heavy atom. The zero-order chi connectivity index (χ0) is 27.7. The molecule has 4 heterocycles. The number of nitrogens with one attached hydrogen (secondary N) is 2. The van der Waals surface area contributed by atoms with Gasteiger partial charge in [-0.05, 0) is 49.9 Å². The SMILES string of the molecule is O=C(NC1=N[C@@]2(c3nc(NC(=O)c4ccc(OC(F)F)cn4)cs3)COC3(CCC3)C[C@H]2CO1)c1ccccc1. The highest BCUT2D eigenvalue weighted by Gasteiger charge is 2.57. The molecule has 208 valence electrons. The van der Waals surface area contributed by atoms with Gasteiger partial charge in [-0.2, -0.15) is 8.78 Å². The largest absolute Gasteiger partial charge is 0.465 e. The van der Waals surface area contributed by atoms with Gasteiger partial charge in [0.15, 0.2) is 0 Å². The number of anilines is 1. The van der Waals surface area contributed by atoms with Crippen molar-refractivity contribution in [1.82, 2.24) is 15.3 Å². The van der Waals surface area contributed by atoms with Gasteiger partial charge < -0.3 is 19.5 Å². The first-order chi connectivity index (χ1) is 19.3. The zero-order valence-corrected chi connectivity index (χ0v) is 22.0. The fourth-order valence-electron chi connectivity index (χ4n) is 5.20. The van der Waals surface area contributed by atoms with E-state index in [1.807, 2.05) is 6.07 Å². The number of aromatic nitrogens is 2. The molecule has 13 heteroatoms. The number of rotatable bonds is 6. The summed E-state index contributed by atoms with van der Waals surface area (Å²) >= 11 is 1.32. The summed E-state index contributed by atoms with van der Waals surface area (Å²) < 4.78 is 41.4. The molecule has 1 saturated carbocycles. The van der Waals surface area contributed by atoms with E-state index >= 15 is 0 Å². The smallest absolute Gasteiger partial charge is 0.387 e. The van der Waals surface area contributed by atoms with Crippen molar-refractivity contribution in [3.63, 3.8) is 0 Å². The number of carbonyl (C=O) groups excluding carboxylic acids is 2. The summed E-state index contributed by atoms with van der Waals surface area (Å²) in [6.07, 6.45) is 4.87. The van der Waals surface area contributed by atoms with E-state index in [9.17, 15) is 18.4 Å². The van der Waals surface area contributed by atoms with Crippen LogP contribution in [0.4, 0.5) is 14.6 Å². The van der Waals surface area contributed by atoms with Crippen molar-refractivity contribution < 1.29 is 32.6 Å². The number of fused-ring (bicyclic) bond motifs is 1. The van der Waals surface area contributed by atoms with Crippen LogP contribution in [0.3, 0.4) is 0 Å². The van der Waals surface area contributed by atoms with Crippen LogP contribution in [0.1, 0.15) is 51.5 Å². The van der Waals surface area contributed by atoms with Crippen LogP contribution in [0, 0.1) is 5.92 Å². The second-order valence-corrected chi connectivity index (χ2v) is 10.8. The van der Waals surface area contributed by atoms with Gasteiger partial charge in [0.05, 0.1) is 25.0 Å². The monoisotopic (exact) mass is 569 g/mol. The number of halogens is 2. The number of hydrogen-bond acceptors (Lipinski definition) is 9. The van der Waals surface area contributed by atoms with Gasteiger partial charge in [0.2, 0.25) is 0 Å². The zero-order valence-electron chi connectivity index (χ0n) is 21.1. The molecule has 1 spiro atoms. The molecule has 3 aromatic rings. The standard InChI is InChI=1S/C27H25F2N5O5S/c28-24(29)39-18-7-8-19(30-12-18)22(36)31-20-14-40-23(32-20)27-15-38-26(9-4-10-26)11-17(27)13-37-25(34-27)33-21(35)16-5-2-1-3-6-16/h1-3,5-8,12,14,17,24H,4,9-11,13,15H2,(H,31,36)(H,33,34,35)/t17-,27-/m0/s1. The van der Waals surface area contributed by atoms with Gasteiger partial charge in [-0.15, -0.1) is 11.3 Å². The van der Waals surface area contributed by atoms with Gasteiger partial charge in [-0.3, -0.25) is 14.9 Å². The van der Waals surface area contributed by atoms with Crippen LogP contribution < -0.4 is 15.4 Å². The summed E-state index contributed by atoms with van der Waals surface area (Å²) in [5.41, 5.74) is -0.605. The van der Waals surface area contributed by atoms with Crippen LogP contribution in [0.5, 0.6) is 5.75 Å². The number of benzene rings is 1. The molecular weight excluding hydrogens is 544 g/mol. The van der Waals surface area contributed by atoms with Crippen LogP contribution in [0.25, 0.3) is 0 Å². The lowest BCUT2D eigenvalue weighted by molar-refractivity contribution is -0.182. The summed E-state index contributed by atoms with van der Waals surface area (Å²) in [6, 6.07) is 11.4. The Morgan fingerprint density at radius 2 is 1.93 bits per heavy atom. The van der Waals surface area contributed by atoms with E-state index in [2.05, 4.69) is 25.3 Å². The number of hydrogen-bond donors (Lipinski definition) is 2. The Kier molecular flexibility index (Phi) is 6.92. The predicted octanol–water partition coefficient (Wildman–Crippen LogP) is 4.36. The average Bonchev–Trinajstić information content (AvgIpc) is 3.41. The van der Waals surface area contributed by atoms with Crippen molar-refractivity contribution in [3.8, 4) is 5.75 Å². The van der Waals surface area contributed by atoms with E-state index in [1.54, 1.807) is 29.6 Å². The van der Waals surface area contributed by atoms with Crippen LogP contribution in [0.15, 0.2) is 59.0 Å². The molecule has 1 saturated heterocycles. The molecule has 1 aromatic carbocycles. The van der Waals surface area contributed by atoms with Gasteiger partial charge in [-0.25, -0.2) is 15.0 Å². The molecule has 0 radical (unpaired) electrons. The second-order valence-electron chi connectivity index (χ2n) is 9.95. The first-order valence-corrected chi connectivity index (χ1v) is 13.6. The summed E-state index contributed by atoms with van der Waals surface area (Å²) in [6.45, 7) is -2.39. The highest BCUT2D eigenvalue weighted by molar-refractivity contribution is 7.10. The predicted molar refractivity (Wildman–Crippen MR) is 141 cm³/mol. The van der Waals surface area contributed by atoms with Crippen LogP contribution in [-0.2, 0) is 15.0 Å².